The predicted molar refractivity (Wildman–Crippen MR) is 61.0 cm³/mol. The monoisotopic (exact) mass is 225 g/mol. The van der Waals surface area contributed by atoms with Crippen molar-refractivity contribution in [3.8, 4) is 0 Å². The predicted octanol–water partition coefficient (Wildman–Crippen LogP) is 1.31. The summed E-state index contributed by atoms with van der Waals surface area (Å²) < 4.78 is 4.59. The van der Waals surface area contributed by atoms with Crippen molar-refractivity contribution in [1.82, 2.24) is 10.5 Å². The number of carbonyl (C=O) groups is 1. The number of nitrogens with one attached hydrogen (secondary N) is 1. The molecule has 0 bridgehead atoms. The molecular weight excluding hydrogens is 206 g/mol. The lowest BCUT2D eigenvalue weighted by Crippen LogP contribution is -2.47. The second-order valence-corrected chi connectivity index (χ2v) is 4.32. The number of rotatable bonds is 6. The summed E-state index contributed by atoms with van der Waals surface area (Å²) in [4.78, 5) is 11.5. The first-order valence-electron chi connectivity index (χ1n) is 5.52. The highest BCUT2D eigenvalue weighted by atomic mass is 16.5. The van der Waals surface area contributed by atoms with Gasteiger partial charge in [-0.1, -0.05) is 24.9 Å². The fraction of sp³-hybridized carbons (Fsp3) is 0.636. The third-order valence-electron chi connectivity index (χ3n) is 2.42. The molecule has 1 aromatic rings. The second kappa shape index (κ2) is 5.65. The molecule has 0 radical (unpaired) electrons. The Bertz CT molecular complexity index is 320. The number of nitrogens with two attached hydrogens (primary N) is 1. The van der Waals surface area contributed by atoms with Gasteiger partial charge in [-0.3, -0.25) is 4.79 Å². The van der Waals surface area contributed by atoms with Gasteiger partial charge < -0.3 is 15.6 Å². The first-order valence-corrected chi connectivity index (χ1v) is 5.52. The van der Waals surface area contributed by atoms with Crippen molar-refractivity contribution in [2.75, 3.05) is 6.54 Å². The Labute approximate surface area is 95.4 Å². The Morgan fingerprint density at radius 3 is 3.00 bits per heavy atom. The van der Waals surface area contributed by atoms with E-state index in [1.54, 1.807) is 0 Å². The molecule has 0 fully saturated rings. The van der Waals surface area contributed by atoms with E-state index >= 15 is 0 Å². The molecule has 3 N–H and O–H groups in total. The molecule has 0 aliphatic rings. The number of amides is 1. The first-order chi connectivity index (χ1) is 7.55. The molecule has 16 heavy (non-hydrogen) atoms. The Hall–Kier alpha value is -1.36. The van der Waals surface area contributed by atoms with Gasteiger partial charge in [0.05, 0.1) is 0 Å². The maximum Gasteiger partial charge on any atom is 0.273 e. The van der Waals surface area contributed by atoms with Gasteiger partial charge in [-0.25, -0.2) is 0 Å². The van der Waals surface area contributed by atoms with Gasteiger partial charge in [0.1, 0.15) is 6.26 Å². The smallest absolute Gasteiger partial charge is 0.273 e. The van der Waals surface area contributed by atoms with Gasteiger partial charge in [0.15, 0.2) is 5.69 Å². The van der Waals surface area contributed by atoms with Crippen LogP contribution >= 0.6 is 0 Å². The lowest BCUT2D eigenvalue weighted by atomic mass is 9.96. The van der Waals surface area contributed by atoms with Crippen LogP contribution in [0.4, 0.5) is 0 Å². The van der Waals surface area contributed by atoms with Gasteiger partial charge >= 0.3 is 0 Å². The standard InChI is InChI=1S/C11H19N3O2/c1-3-4-6-11(2,12)8-13-10(15)9-5-7-16-14-9/h5,7H,3-4,6,8,12H2,1-2H3,(H,13,15)/t11-/m1/s1. The average molecular weight is 225 g/mol. The van der Waals surface area contributed by atoms with Gasteiger partial charge in [-0.2, -0.15) is 0 Å². The van der Waals surface area contributed by atoms with Crippen LogP contribution in [0.2, 0.25) is 0 Å². The molecule has 0 unspecified atom stereocenters. The van der Waals surface area contributed by atoms with Crippen LogP contribution in [-0.2, 0) is 0 Å². The topological polar surface area (TPSA) is 81.1 Å². The van der Waals surface area contributed by atoms with E-state index in [1.807, 2.05) is 6.92 Å². The minimum absolute atomic E-state index is 0.248. The van der Waals surface area contributed by atoms with Crippen LogP contribution in [0.3, 0.4) is 0 Å². The van der Waals surface area contributed by atoms with E-state index in [4.69, 9.17) is 5.73 Å². The van der Waals surface area contributed by atoms with Crippen LogP contribution in [0, 0.1) is 0 Å². The maximum absolute atomic E-state index is 11.5. The van der Waals surface area contributed by atoms with E-state index in [9.17, 15) is 4.79 Å². The van der Waals surface area contributed by atoms with Gasteiger partial charge in [0.25, 0.3) is 5.91 Å². The maximum atomic E-state index is 11.5. The highest BCUT2D eigenvalue weighted by Crippen LogP contribution is 2.09. The first kappa shape index (κ1) is 12.7. The van der Waals surface area contributed by atoms with E-state index in [0.29, 0.717) is 6.54 Å². The zero-order chi connectivity index (χ0) is 12.0. The van der Waals surface area contributed by atoms with Crippen molar-refractivity contribution in [3.63, 3.8) is 0 Å². The van der Waals surface area contributed by atoms with Crippen molar-refractivity contribution in [2.45, 2.75) is 38.6 Å². The number of aromatic nitrogens is 1. The summed E-state index contributed by atoms with van der Waals surface area (Å²) in [6.45, 7) is 4.49. The van der Waals surface area contributed by atoms with Crippen molar-refractivity contribution < 1.29 is 9.32 Å². The van der Waals surface area contributed by atoms with Crippen molar-refractivity contribution in [2.24, 2.45) is 5.73 Å². The molecule has 1 heterocycles. The van der Waals surface area contributed by atoms with Crippen LogP contribution < -0.4 is 11.1 Å². The molecule has 5 heteroatoms. The molecule has 0 saturated heterocycles. The lowest BCUT2D eigenvalue weighted by Gasteiger charge is -2.24. The normalized spacial score (nSPS) is 14.4. The summed E-state index contributed by atoms with van der Waals surface area (Å²) in [6, 6.07) is 1.52. The van der Waals surface area contributed by atoms with Gasteiger partial charge in [-0.15, -0.1) is 0 Å². The molecule has 0 aliphatic heterocycles. The van der Waals surface area contributed by atoms with Crippen LogP contribution in [0.25, 0.3) is 0 Å². The van der Waals surface area contributed by atoms with E-state index in [1.165, 1.54) is 12.3 Å². The average Bonchev–Trinajstić information content (AvgIpc) is 2.77. The number of carbonyl (C=O) groups excluding carboxylic acids is 1. The largest absolute Gasteiger partial charge is 0.364 e. The molecule has 0 saturated carbocycles. The number of hydrogen-bond donors (Lipinski definition) is 2. The fourth-order valence-electron chi connectivity index (χ4n) is 1.37. The van der Waals surface area contributed by atoms with Crippen LogP contribution in [0.15, 0.2) is 16.9 Å². The minimum Gasteiger partial charge on any atom is -0.364 e. The molecule has 0 spiro atoms. The molecule has 5 nitrogen and oxygen atoms in total. The van der Waals surface area contributed by atoms with Crippen LogP contribution in [0.1, 0.15) is 43.6 Å². The molecular formula is C11H19N3O2. The molecule has 1 atom stereocenters. The van der Waals surface area contributed by atoms with Crippen molar-refractivity contribution in [3.05, 3.63) is 18.0 Å². The quantitative estimate of drug-likeness (QED) is 0.764. The number of nitrogens with zero attached hydrogens (tertiary/aromatic N) is 1. The summed E-state index contributed by atoms with van der Waals surface area (Å²) in [6.07, 6.45) is 4.42. The Morgan fingerprint density at radius 1 is 1.69 bits per heavy atom. The zero-order valence-electron chi connectivity index (χ0n) is 9.82. The highest BCUT2D eigenvalue weighted by Gasteiger charge is 2.19. The summed E-state index contributed by atoms with van der Waals surface area (Å²) in [5.74, 6) is -0.248. The molecule has 90 valence electrons. The van der Waals surface area contributed by atoms with E-state index < -0.39 is 0 Å². The van der Waals surface area contributed by atoms with Crippen LogP contribution in [0.5, 0.6) is 0 Å². The highest BCUT2D eigenvalue weighted by molar-refractivity contribution is 5.91. The Balaban J connectivity index is 2.36. The third-order valence-corrected chi connectivity index (χ3v) is 2.42. The minimum atomic E-state index is -0.366. The SMILES string of the molecule is CCCC[C@@](C)(N)CNC(=O)c1ccon1. The summed E-state index contributed by atoms with van der Waals surface area (Å²) in [7, 11) is 0. The lowest BCUT2D eigenvalue weighted by molar-refractivity contribution is 0.0934. The van der Waals surface area contributed by atoms with Gasteiger partial charge in [0.2, 0.25) is 0 Å². The van der Waals surface area contributed by atoms with Crippen LogP contribution in [-0.4, -0.2) is 23.1 Å². The molecule has 1 aromatic heterocycles. The van der Waals surface area contributed by atoms with Gasteiger partial charge in [0, 0.05) is 18.2 Å². The molecule has 1 rings (SSSR count). The van der Waals surface area contributed by atoms with E-state index in [2.05, 4.69) is 21.9 Å². The number of unbranched alkanes of at least 4 members (excludes halogenated alkanes) is 1. The zero-order valence-corrected chi connectivity index (χ0v) is 9.82. The van der Waals surface area contributed by atoms with E-state index in [0.717, 1.165) is 19.3 Å². The number of hydrogen-bond acceptors (Lipinski definition) is 4. The summed E-state index contributed by atoms with van der Waals surface area (Å²) >= 11 is 0. The van der Waals surface area contributed by atoms with Crippen molar-refractivity contribution in [1.29, 1.82) is 0 Å². The Kier molecular flexibility index (Phi) is 4.49. The third kappa shape index (κ3) is 4.02. The molecule has 1 amide bonds. The van der Waals surface area contributed by atoms with Crippen molar-refractivity contribution >= 4 is 5.91 Å². The fourth-order valence-corrected chi connectivity index (χ4v) is 1.37. The molecule has 0 aliphatic carbocycles. The Morgan fingerprint density at radius 2 is 2.44 bits per heavy atom. The second-order valence-electron chi connectivity index (χ2n) is 4.32. The van der Waals surface area contributed by atoms with E-state index in [-0.39, 0.29) is 17.1 Å². The summed E-state index contributed by atoms with van der Waals surface area (Å²) in [5, 5.41) is 6.30. The summed E-state index contributed by atoms with van der Waals surface area (Å²) in [5.41, 5.74) is 5.96. The molecule has 0 aromatic carbocycles. The van der Waals surface area contributed by atoms with Gasteiger partial charge in [-0.05, 0) is 13.3 Å².